The Morgan fingerprint density at radius 3 is 2.41 bits per heavy atom. The average molecular weight is 388 g/mol. The highest BCUT2D eigenvalue weighted by Crippen LogP contribution is 2.14. The van der Waals surface area contributed by atoms with E-state index < -0.39 is 6.09 Å². The summed E-state index contributed by atoms with van der Waals surface area (Å²) < 4.78 is 5.20. The molecule has 1 N–H and O–H groups in total. The molecule has 27 heavy (non-hydrogen) atoms. The van der Waals surface area contributed by atoms with Crippen LogP contribution in [0.15, 0.2) is 48.5 Å². The molecule has 6 nitrogen and oxygen atoms in total. The van der Waals surface area contributed by atoms with Crippen LogP contribution in [0.4, 0.5) is 10.5 Å². The minimum Gasteiger partial charge on any atom is -0.444 e. The van der Waals surface area contributed by atoms with Crippen LogP contribution in [0, 0.1) is 0 Å². The number of piperazine rings is 1. The van der Waals surface area contributed by atoms with Crippen molar-refractivity contribution in [3.63, 3.8) is 0 Å². The summed E-state index contributed by atoms with van der Waals surface area (Å²) in [6.07, 6.45) is -0.521. The van der Waals surface area contributed by atoms with E-state index in [1.807, 2.05) is 41.1 Å². The largest absolute Gasteiger partial charge is 0.444 e. The van der Waals surface area contributed by atoms with Gasteiger partial charge in [0.2, 0.25) is 5.91 Å². The minimum atomic E-state index is -0.521. The number of hydrogen-bond acceptors (Lipinski definition) is 4. The van der Waals surface area contributed by atoms with Gasteiger partial charge in [-0.05, 0) is 42.4 Å². The number of hydrogen-bond donors (Lipinski definition) is 1. The first-order chi connectivity index (χ1) is 13.0. The molecule has 2 aromatic carbocycles. The lowest BCUT2D eigenvalue weighted by molar-refractivity contribution is -0.136. The van der Waals surface area contributed by atoms with Gasteiger partial charge in [-0.25, -0.2) is 4.79 Å². The summed E-state index contributed by atoms with van der Waals surface area (Å²) in [6.45, 7) is 2.82. The van der Waals surface area contributed by atoms with Crippen molar-refractivity contribution in [3.05, 3.63) is 64.7 Å². The van der Waals surface area contributed by atoms with E-state index in [2.05, 4.69) is 5.32 Å². The molecule has 1 saturated heterocycles. The van der Waals surface area contributed by atoms with Crippen LogP contribution in [0.5, 0.6) is 0 Å². The van der Waals surface area contributed by atoms with E-state index in [1.54, 1.807) is 24.3 Å². The van der Waals surface area contributed by atoms with Crippen LogP contribution in [0.1, 0.15) is 11.1 Å². The summed E-state index contributed by atoms with van der Waals surface area (Å²) in [5.74, 6) is 0.136. The minimum absolute atomic E-state index is 0.136. The lowest BCUT2D eigenvalue weighted by atomic mass is 10.2. The molecule has 7 heteroatoms. The van der Waals surface area contributed by atoms with Crippen molar-refractivity contribution < 1.29 is 14.3 Å². The lowest BCUT2D eigenvalue weighted by Crippen LogP contribution is -2.48. The average Bonchev–Trinajstić information content (AvgIpc) is 2.65. The monoisotopic (exact) mass is 387 g/mol. The molecule has 0 unspecified atom stereocenters. The first-order valence-electron chi connectivity index (χ1n) is 8.73. The van der Waals surface area contributed by atoms with E-state index in [9.17, 15) is 9.59 Å². The molecule has 0 spiro atoms. The Morgan fingerprint density at radius 1 is 1.07 bits per heavy atom. The van der Waals surface area contributed by atoms with Gasteiger partial charge >= 0.3 is 6.09 Å². The summed E-state index contributed by atoms with van der Waals surface area (Å²) >= 11 is 5.83. The van der Waals surface area contributed by atoms with Crippen molar-refractivity contribution in [2.24, 2.45) is 0 Å². The van der Waals surface area contributed by atoms with E-state index in [4.69, 9.17) is 16.3 Å². The number of carbonyl (C=O) groups is 2. The van der Waals surface area contributed by atoms with Crippen LogP contribution < -0.4 is 5.32 Å². The second-order valence-electron chi connectivity index (χ2n) is 6.58. The predicted octanol–water partition coefficient (Wildman–Crippen LogP) is 3.36. The van der Waals surface area contributed by atoms with E-state index in [-0.39, 0.29) is 12.5 Å². The molecule has 2 amide bonds. The zero-order valence-corrected chi connectivity index (χ0v) is 15.9. The van der Waals surface area contributed by atoms with Gasteiger partial charge in [0.15, 0.2) is 0 Å². The van der Waals surface area contributed by atoms with Gasteiger partial charge in [0.05, 0.1) is 6.54 Å². The molecule has 3 rings (SSSR count). The first kappa shape index (κ1) is 19.2. The Labute approximate surface area is 163 Å². The van der Waals surface area contributed by atoms with Crippen molar-refractivity contribution in [1.29, 1.82) is 0 Å². The fraction of sp³-hybridized carbons (Fsp3) is 0.300. The third-order valence-corrected chi connectivity index (χ3v) is 4.62. The fourth-order valence-corrected chi connectivity index (χ4v) is 2.92. The molecule has 0 radical (unpaired) electrons. The van der Waals surface area contributed by atoms with E-state index in [0.717, 1.165) is 24.2 Å². The molecule has 142 valence electrons. The van der Waals surface area contributed by atoms with Crippen molar-refractivity contribution in [2.75, 3.05) is 32.0 Å². The number of rotatable bonds is 5. The topological polar surface area (TPSA) is 61.9 Å². The predicted molar refractivity (Wildman–Crippen MR) is 105 cm³/mol. The Kier molecular flexibility index (Phi) is 6.32. The Balaban J connectivity index is 1.47. The summed E-state index contributed by atoms with van der Waals surface area (Å²) in [6, 6.07) is 14.5. The van der Waals surface area contributed by atoms with Crippen LogP contribution in [0.25, 0.3) is 0 Å². The Hall–Kier alpha value is -2.57. The molecule has 0 saturated carbocycles. The highest BCUT2D eigenvalue weighted by atomic mass is 35.5. The normalized spacial score (nSPS) is 14.9. The van der Waals surface area contributed by atoms with Crippen molar-refractivity contribution in [1.82, 2.24) is 9.80 Å². The summed E-state index contributed by atoms with van der Waals surface area (Å²) in [5.41, 5.74) is 2.53. The number of nitrogens with one attached hydrogen (secondary N) is 1. The van der Waals surface area contributed by atoms with Gasteiger partial charge in [-0.15, -0.1) is 0 Å². The van der Waals surface area contributed by atoms with E-state index in [0.29, 0.717) is 23.8 Å². The number of carbonyl (C=O) groups excluding carboxylic acids is 2. The van der Waals surface area contributed by atoms with Crippen LogP contribution in [0.3, 0.4) is 0 Å². The maximum absolute atomic E-state index is 12.0. The lowest BCUT2D eigenvalue weighted by Gasteiger charge is -2.32. The number of likely N-dealkylation sites (N-methyl/N-ethyl adjacent to an activating group) is 1. The van der Waals surface area contributed by atoms with Gasteiger partial charge in [0.25, 0.3) is 0 Å². The second kappa shape index (κ2) is 8.88. The fourth-order valence-electron chi connectivity index (χ4n) is 2.79. The summed E-state index contributed by atoms with van der Waals surface area (Å²) in [4.78, 5) is 27.8. The zero-order valence-electron chi connectivity index (χ0n) is 15.2. The molecule has 1 aliphatic heterocycles. The van der Waals surface area contributed by atoms with Gasteiger partial charge in [-0.3, -0.25) is 15.0 Å². The maximum atomic E-state index is 12.0. The molecule has 1 aliphatic rings. The van der Waals surface area contributed by atoms with Crippen molar-refractivity contribution in [3.8, 4) is 0 Å². The van der Waals surface area contributed by atoms with Gasteiger partial charge in [-0.1, -0.05) is 35.9 Å². The molecule has 1 heterocycles. The van der Waals surface area contributed by atoms with Crippen molar-refractivity contribution >= 4 is 29.3 Å². The molecular weight excluding hydrogens is 366 g/mol. The zero-order chi connectivity index (χ0) is 19.2. The molecule has 0 aliphatic carbocycles. The Bertz CT molecular complexity index is 793. The molecule has 0 atom stereocenters. The molecule has 2 aromatic rings. The van der Waals surface area contributed by atoms with Crippen LogP contribution in [-0.2, 0) is 22.7 Å². The number of halogens is 1. The third-order valence-electron chi connectivity index (χ3n) is 4.37. The quantitative estimate of drug-likeness (QED) is 0.854. The third kappa shape index (κ3) is 5.70. The summed E-state index contributed by atoms with van der Waals surface area (Å²) in [7, 11) is 1.95. The summed E-state index contributed by atoms with van der Waals surface area (Å²) in [5, 5.41) is 3.33. The SMILES string of the molecule is CN1CCN(Cc2ccc(NC(=O)OCc3ccc(Cl)cc3)cc2)C(=O)C1. The van der Waals surface area contributed by atoms with Gasteiger partial charge < -0.3 is 9.64 Å². The second-order valence-corrected chi connectivity index (χ2v) is 7.01. The molecule has 0 aromatic heterocycles. The molecule has 1 fully saturated rings. The number of benzene rings is 2. The molecular formula is C20H22ClN3O3. The van der Waals surface area contributed by atoms with Crippen LogP contribution >= 0.6 is 11.6 Å². The maximum Gasteiger partial charge on any atom is 0.411 e. The standard InChI is InChI=1S/C20H22ClN3O3/c1-23-10-11-24(19(25)13-23)12-15-4-8-18(9-5-15)22-20(26)27-14-16-2-6-17(21)7-3-16/h2-9H,10-14H2,1H3,(H,22,26). The van der Waals surface area contributed by atoms with E-state index >= 15 is 0 Å². The number of ether oxygens (including phenoxy) is 1. The number of amides is 2. The number of nitrogens with zero attached hydrogens (tertiary/aromatic N) is 2. The van der Waals surface area contributed by atoms with Gasteiger partial charge in [0.1, 0.15) is 6.61 Å². The smallest absolute Gasteiger partial charge is 0.411 e. The van der Waals surface area contributed by atoms with Crippen molar-refractivity contribution in [2.45, 2.75) is 13.2 Å². The van der Waals surface area contributed by atoms with Gasteiger partial charge in [-0.2, -0.15) is 0 Å². The highest BCUT2D eigenvalue weighted by Gasteiger charge is 2.21. The first-order valence-corrected chi connectivity index (χ1v) is 9.11. The molecule has 0 bridgehead atoms. The number of anilines is 1. The van der Waals surface area contributed by atoms with Crippen LogP contribution in [-0.4, -0.2) is 48.5 Å². The van der Waals surface area contributed by atoms with Gasteiger partial charge in [0, 0.05) is 30.3 Å². The highest BCUT2D eigenvalue weighted by molar-refractivity contribution is 6.30. The van der Waals surface area contributed by atoms with E-state index in [1.165, 1.54) is 0 Å². The van der Waals surface area contributed by atoms with Crippen LogP contribution in [0.2, 0.25) is 5.02 Å². The Morgan fingerprint density at radius 2 is 1.74 bits per heavy atom.